The number of hydrogen-bond acceptors (Lipinski definition) is 4. The second kappa shape index (κ2) is 6.26. The lowest BCUT2D eigenvalue weighted by atomic mass is 9.95. The van der Waals surface area contributed by atoms with Crippen molar-refractivity contribution in [3.63, 3.8) is 0 Å². The van der Waals surface area contributed by atoms with Gasteiger partial charge in [-0.1, -0.05) is 42.4 Å². The van der Waals surface area contributed by atoms with Gasteiger partial charge in [-0.15, -0.1) is 17.0 Å². The first-order valence-electron chi connectivity index (χ1n) is 6.63. The number of fused-ring (bicyclic) bond motifs is 1. The number of benzene rings is 1. The minimum atomic E-state index is -0.955. The van der Waals surface area contributed by atoms with Crippen molar-refractivity contribution >= 4 is 45.5 Å². The lowest BCUT2D eigenvalue weighted by Gasteiger charge is -2.38. The van der Waals surface area contributed by atoms with E-state index in [-0.39, 0.29) is 22.2 Å². The van der Waals surface area contributed by atoms with E-state index in [1.165, 1.54) is 0 Å². The van der Waals surface area contributed by atoms with Gasteiger partial charge in [-0.3, -0.25) is 4.99 Å². The molecule has 1 saturated heterocycles. The maximum atomic E-state index is 11.3. The predicted octanol–water partition coefficient (Wildman–Crippen LogP) is 3.65. The molecule has 2 unspecified atom stereocenters. The number of amidine groups is 1. The fourth-order valence-electron chi connectivity index (χ4n) is 2.79. The van der Waals surface area contributed by atoms with Gasteiger partial charge in [0.05, 0.1) is 5.25 Å². The van der Waals surface area contributed by atoms with E-state index in [4.69, 9.17) is 11.6 Å². The lowest BCUT2D eigenvalue weighted by Crippen LogP contribution is -2.50. The van der Waals surface area contributed by atoms with Gasteiger partial charge >= 0.3 is 0 Å². The predicted molar refractivity (Wildman–Crippen MR) is 91.0 cm³/mol. The minimum Gasteiger partial charge on any atom is -0.366 e. The van der Waals surface area contributed by atoms with E-state index in [1.54, 1.807) is 11.8 Å². The molecule has 1 N–H and O–H groups in total. The van der Waals surface area contributed by atoms with Crippen LogP contribution >= 0.6 is 40.3 Å². The van der Waals surface area contributed by atoms with E-state index >= 15 is 0 Å². The summed E-state index contributed by atoms with van der Waals surface area (Å²) in [6.07, 6.45) is 1.90. The quantitative estimate of drug-likeness (QED) is 0.854. The summed E-state index contributed by atoms with van der Waals surface area (Å²) in [6, 6.07) is 7.52. The molecule has 0 amide bonds. The van der Waals surface area contributed by atoms with E-state index in [0.717, 1.165) is 36.7 Å². The Morgan fingerprint density at radius 3 is 2.80 bits per heavy atom. The highest BCUT2D eigenvalue weighted by atomic mass is 79.9. The summed E-state index contributed by atoms with van der Waals surface area (Å²) in [5.74, 6) is 0. The first kappa shape index (κ1) is 16.1. The van der Waals surface area contributed by atoms with E-state index in [2.05, 4.69) is 16.8 Å². The van der Waals surface area contributed by atoms with Gasteiger partial charge in [0, 0.05) is 23.7 Å². The first-order chi connectivity index (χ1) is 9.16. The number of aliphatic imine (C=N–C) groups is 1. The summed E-state index contributed by atoms with van der Waals surface area (Å²) in [7, 11) is 0. The van der Waals surface area contributed by atoms with Crippen LogP contribution in [0.4, 0.5) is 0 Å². The lowest BCUT2D eigenvalue weighted by molar-refractivity contribution is -0.0727. The van der Waals surface area contributed by atoms with Crippen LogP contribution in [-0.4, -0.2) is 33.5 Å². The fraction of sp³-hybridized carbons (Fsp3) is 0.500. The maximum absolute atomic E-state index is 11.3. The molecule has 0 spiro atoms. The third kappa shape index (κ3) is 2.49. The second-order valence-corrected chi connectivity index (χ2v) is 6.52. The second-order valence-electron chi connectivity index (χ2n) is 4.92. The summed E-state index contributed by atoms with van der Waals surface area (Å²) in [6.45, 7) is 3.84. The summed E-state index contributed by atoms with van der Waals surface area (Å²) in [5, 5.41) is 13.1. The Kier molecular flexibility index (Phi) is 5.05. The molecule has 1 fully saturated rings. The van der Waals surface area contributed by atoms with Gasteiger partial charge in [0.2, 0.25) is 0 Å². The van der Waals surface area contributed by atoms with Crippen LogP contribution in [0.25, 0.3) is 0 Å². The molecular formula is C14H18BrClN2OS. The Balaban J connectivity index is 0.00000147. The van der Waals surface area contributed by atoms with E-state index in [9.17, 15) is 5.11 Å². The van der Waals surface area contributed by atoms with Crippen LogP contribution in [0.1, 0.15) is 25.3 Å². The Hall–Kier alpha value is -0.230. The van der Waals surface area contributed by atoms with Crippen molar-refractivity contribution in [2.45, 2.75) is 30.7 Å². The van der Waals surface area contributed by atoms with Crippen LogP contribution in [0.15, 0.2) is 29.3 Å². The zero-order valence-corrected chi connectivity index (χ0v) is 14.5. The van der Waals surface area contributed by atoms with Crippen molar-refractivity contribution < 1.29 is 5.11 Å². The maximum Gasteiger partial charge on any atom is 0.178 e. The first-order valence-corrected chi connectivity index (χ1v) is 7.89. The summed E-state index contributed by atoms with van der Waals surface area (Å²) in [4.78, 5) is 6.60. The zero-order valence-electron chi connectivity index (χ0n) is 11.3. The summed E-state index contributed by atoms with van der Waals surface area (Å²) in [5.41, 5.74) is -0.0492. The van der Waals surface area contributed by atoms with Gasteiger partial charge in [0.1, 0.15) is 0 Å². The summed E-state index contributed by atoms with van der Waals surface area (Å²) >= 11 is 7.64. The summed E-state index contributed by atoms with van der Waals surface area (Å²) < 4.78 is 0. The number of rotatable bonds is 2. The highest BCUT2D eigenvalue weighted by Crippen LogP contribution is 2.47. The molecule has 2 heterocycles. The standard InChI is InChI=1S/C14H17ClN2OS.BrH/c1-2-12-14(18,10-4-6-11(15)7-5-10)17-9-3-8-16-13(17)19-12;/h4-7,12,18H,2-3,8-9H2,1H3;1H. The molecule has 0 aromatic heterocycles. The van der Waals surface area contributed by atoms with Crippen molar-refractivity contribution in [2.24, 2.45) is 4.99 Å². The van der Waals surface area contributed by atoms with E-state index in [0.29, 0.717) is 5.02 Å². The van der Waals surface area contributed by atoms with Crippen molar-refractivity contribution in [3.8, 4) is 0 Å². The average molecular weight is 378 g/mol. The zero-order chi connectivity index (χ0) is 13.5. The number of halogens is 2. The molecule has 2 aliphatic rings. The normalized spacial score (nSPS) is 28.6. The molecule has 1 aromatic rings. The largest absolute Gasteiger partial charge is 0.366 e. The van der Waals surface area contributed by atoms with Crippen molar-refractivity contribution in [3.05, 3.63) is 34.9 Å². The molecule has 0 saturated carbocycles. The van der Waals surface area contributed by atoms with Crippen molar-refractivity contribution in [2.75, 3.05) is 13.1 Å². The van der Waals surface area contributed by atoms with Crippen LogP contribution in [-0.2, 0) is 5.72 Å². The molecule has 6 heteroatoms. The van der Waals surface area contributed by atoms with Crippen molar-refractivity contribution in [1.29, 1.82) is 0 Å². The number of hydrogen-bond donors (Lipinski definition) is 1. The SMILES string of the molecule is Br.CCC1SC2=NCCCN2C1(O)c1ccc(Cl)cc1. The third-order valence-electron chi connectivity index (χ3n) is 3.77. The monoisotopic (exact) mass is 376 g/mol. The number of nitrogens with zero attached hydrogens (tertiary/aromatic N) is 2. The van der Waals surface area contributed by atoms with Gasteiger partial charge in [-0.2, -0.15) is 0 Å². The van der Waals surface area contributed by atoms with Crippen LogP contribution in [0, 0.1) is 0 Å². The van der Waals surface area contributed by atoms with Gasteiger partial charge in [0.25, 0.3) is 0 Å². The highest BCUT2D eigenvalue weighted by Gasteiger charge is 2.52. The van der Waals surface area contributed by atoms with Crippen LogP contribution in [0.5, 0.6) is 0 Å². The molecule has 3 rings (SSSR count). The smallest absolute Gasteiger partial charge is 0.178 e. The fourth-order valence-corrected chi connectivity index (χ4v) is 4.29. The Labute approximate surface area is 139 Å². The molecular weight excluding hydrogens is 360 g/mol. The molecule has 1 aromatic carbocycles. The number of aliphatic hydroxyl groups is 1. The number of thioether (sulfide) groups is 1. The minimum absolute atomic E-state index is 0. The molecule has 0 aliphatic carbocycles. The Bertz CT molecular complexity index is 510. The van der Waals surface area contributed by atoms with Crippen LogP contribution in [0.3, 0.4) is 0 Å². The highest BCUT2D eigenvalue weighted by molar-refractivity contribution is 8.93. The van der Waals surface area contributed by atoms with E-state index in [1.807, 2.05) is 24.3 Å². The topological polar surface area (TPSA) is 35.8 Å². The molecule has 0 bridgehead atoms. The molecule has 0 radical (unpaired) electrons. The van der Waals surface area contributed by atoms with Gasteiger partial charge in [-0.25, -0.2) is 0 Å². The molecule has 20 heavy (non-hydrogen) atoms. The Morgan fingerprint density at radius 2 is 2.15 bits per heavy atom. The Morgan fingerprint density at radius 1 is 1.45 bits per heavy atom. The average Bonchev–Trinajstić information content (AvgIpc) is 2.74. The van der Waals surface area contributed by atoms with Gasteiger partial charge < -0.3 is 10.0 Å². The van der Waals surface area contributed by atoms with Crippen LogP contribution in [0.2, 0.25) is 5.02 Å². The molecule has 110 valence electrons. The van der Waals surface area contributed by atoms with E-state index < -0.39 is 5.72 Å². The van der Waals surface area contributed by atoms with Gasteiger partial charge in [0.15, 0.2) is 10.9 Å². The third-order valence-corrected chi connectivity index (χ3v) is 5.52. The molecule has 2 aliphatic heterocycles. The van der Waals surface area contributed by atoms with Crippen molar-refractivity contribution in [1.82, 2.24) is 4.90 Å². The van der Waals surface area contributed by atoms with Gasteiger partial charge in [-0.05, 0) is 25.0 Å². The van der Waals surface area contributed by atoms with Crippen LogP contribution < -0.4 is 0 Å². The molecule has 3 nitrogen and oxygen atoms in total. The molecule has 2 atom stereocenters.